The van der Waals surface area contributed by atoms with Crippen molar-refractivity contribution in [2.24, 2.45) is 11.7 Å². The van der Waals surface area contributed by atoms with Crippen LogP contribution >= 0.6 is 24.8 Å². The highest BCUT2D eigenvalue weighted by Gasteiger charge is 2.30. The summed E-state index contributed by atoms with van der Waals surface area (Å²) in [5.41, 5.74) is 5.94. The molecular weight excluding hydrogens is 368 g/mol. The molecular formula is C14H23Cl2F3N4O. The number of carbonyl (C=O) groups is 1. The van der Waals surface area contributed by atoms with E-state index in [4.69, 9.17) is 5.73 Å². The molecule has 0 unspecified atom stereocenters. The smallest absolute Gasteiger partial charge is 0.338 e. The van der Waals surface area contributed by atoms with Crippen molar-refractivity contribution < 1.29 is 18.0 Å². The summed E-state index contributed by atoms with van der Waals surface area (Å²) in [5, 5.41) is 0. The average molecular weight is 391 g/mol. The van der Waals surface area contributed by atoms with E-state index in [1.165, 1.54) is 17.3 Å². The highest BCUT2D eigenvalue weighted by molar-refractivity contribution is 5.85. The summed E-state index contributed by atoms with van der Waals surface area (Å²) in [4.78, 5) is 17.5. The molecule has 0 radical (unpaired) electrons. The van der Waals surface area contributed by atoms with Gasteiger partial charge in [0, 0.05) is 31.9 Å². The molecule has 1 fully saturated rings. The number of amides is 1. The Labute approximate surface area is 151 Å². The molecule has 24 heavy (non-hydrogen) atoms. The van der Waals surface area contributed by atoms with E-state index in [1.54, 1.807) is 7.05 Å². The lowest BCUT2D eigenvalue weighted by atomic mass is 9.99. The summed E-state index contributed by atoms with van der Waals surface area (Å²) in [7, 11) is 1.58. The van der Waals surface area contributed by atoms with Gasteiger partial charge in [0.15, 0.2) is 0 Å². The van der Waals surface area contributed by atoms with Gasteiger partial charge in [-0.15, -0.1) is 24.8 Å². The lowest BCUT2D eigenvalue weighted by Gasteiger charge is -2.21. The average Bonchev–Trinajstić information content (AvgIpc) is 2.98. The predicted molar refractivity (Wildman–Crippen MR) is 89.2 cm³/mol. The molecule has 1 saturated carbocycles. The summed E-state index contributed by atoms with van der Waals surface area (Å²) in [6.45, 7) is -1.04. The number of hydrogen-bond donors (Lipinski definition) is 1. The fraction of sp³-hybridized carbons (Fsp3) is 0.714. The van der Waals surface area contributed by atoms with E-state index in [1.807, 2.05) is 0 Å². The number of aromatic nitrogens is 2. The molecule has 2 N–H and O–H groups in total. The van der Waals surface area contributed by atoms with E-state index in [-0.39, 0.29) is 55.1 Å². The van der Waals surface area contributed by atoms with Crippen molar-refractivity contribution in [3.05, 3.63) is 18.2 Å². The number of imidazole rings is 1. The Morgan fingerprint density at radius 2 is 2.08 bits per heavy atom. The van der Waals surface area contributed by atoms with Crippen molar-refractivity contribution in [1.29, 1.82) is 0 Å². The minimum Gasteiger partial charge on any atom is -0.338 e. The van der Waals surface area contributed by atoms with E-state index in [9.17, 15) is 18.0 Å². The molecule has 1 aromatic rings. The van der Waals surface area contributed by atoms with Crippen LogP contribution in [0.5, 0.6) is 0 Å². The van der Waals surface area contributed by atoms with E-state index in [0.717, 1.165) is 23.8 Å². The van der Waals surface area contributed by atoms with E-state index in [2.05, 4.69) is 4.98 Å². The van der Waals surface area contributed by atoms with Gasteiger partial charge in [0.1, 0.15) is 12.4 Å². The van der Waals surface area contributed by atoms with Gasteiger partial charge >= 0.3 is 6.18 Å². The first-order valence-corrected chi connectivity index (χ1v) is 7.32. The van der Waals surface area contributed by atoms with E-state index >= 15 is 0 Å². The van der Waals surface area contributed by atoms with Gasteiger partial charge in [-0.25, -0.2) is 4.98 Å². The van der Waals surface area contributed by atoms with Gasteiger partial charge in [0.2, 0.25) is 5.91 Å². The molecule has 140 valence electrons. The number of halogens is 5. The van der Waals surface area contributed by atoms with Gasteiger partial charge in [0.05, 0.1) is 6.54 Å². The molecule has 5 nitrogen and oxygen atoms in total. The molecule has 2 rings (SSSR count). The third kappa shape index (κ3) is 6.49. The zero-order chi connectivity index (χ0) is 16.3. The maximum absolute atomic E-state index is 12.5. The summed E-state index contributed by atoms with van der Waals surface area (Å²) in [5.74, 6) is 0.290. The summed E-state index contributed by atoms with van der Waals surface area (Å²) >= 11 is 0. The van der Waals surface area contributed by atoms with Crippen LogP contribution < -0.4 is 5.73 Å². The minimum absolute atomic E-state index is 0. The zero-order valence-corrected chi connectivity index (χ0v) is 15.0. The topological polar surface area (TPSA) is 64.2 Å². The van der Waals surface area contributed by atoms with Crippen LogP contribution in [0.15, 0.2) is 12.4 Å². The highest BCUT2D eigenvalue weighted by Crippen LogP contribution is 2.27. The van der Waals surface area contributed by atoms with Crippen LogP contribution in [0.3, 0.4) is 0 Å². The third-order valence-corrected chi connectivity index (χ3v) is 4.11. The Hall–Kier alpha value is -0.990. The lowest BCUT2D eigenvalue weighted by molar-refractivity contribution is -0.141. The minimum atomic E-state index is -4.31. The largest absolute Gasteiger partial charge is 0.406 e. The van der Waals surface area contributed by atoms with Gasteiger partial charge in [-0.3, -0.25) is 4.79 Å². The van der Waals surface area contributed by atoms with Crippen molar-refractivity contribution in [2.45, 2.75) is 51.0 Å². The molecule has 1 aromatic heterocycles. The van der Waals surface area contributed by atoms with Crippen LogP contribution in [0.25, 0.3) is 0 Å². The standard InChI is InChI=1S/C14H21F3N4O.2ClH/c1-20(13(22)7-10-3-2-4-11(10)18)8-12-19-5-6-21(12)9-14(15,16)17;;/h5-6,10-11H,2-4,7-9,18H2,1H3;2*1H/t10-,11+;;/m0../s1. The van der Waals surface area contributed by atoms with Crippen LogP contribution in [-0.2, 0) is 17.9 Å². The Balaban J connectivity index is 0.00000264. The van der Waals surface area contributed by atoms with Crippen LogP contribution in [0.2, 0.25) is 0 Å². The van der Waals surface area contributed by atoms with Gasteiger partial charge in [-0.05, 0) is 18.8 Å². The molecule has 0 bridgehead atoms. The Kier molecular flexibility index (Phi) is 9.09. The quantitative estimate of drug-likeness (QED) is 0.840. The molecule has 1 amide bonds. The Morgan fingerprint density at radius 1 is 1.42 bits per heavy atom. The fourth-order valence-corrected chi connectivity index (χ4v) is 2.83. The van der Waals surface area contributed by atoms with Crippen LogP contribution in [-0.4, -0.2) is 39.6 Å². The zero-order valence-electron chi connectivity index (χ0n) is 13.3. The van der Waals surface area contributed by atoms with E-state index in [0.29, 0.717) is 6.42 Å². The molecule has 0 spiro atoms. The summed E-state index contributed by atoms with van der Waals surface area (Å²) < 4.78 is 38.4. The maximum Gasteiger partial charge on any atom is 0.406 e. The van der Waals surface area contributed by atoms with Gasteiger partial charge in [0.25, 0.3) is 0 Å². The van der Waals surface area contributed by atoms with Crippen LogP contribution in [0, 0.1) is 5.92 Å². The molecule has 1 aliphatic carbocycles. The second-order valence-corrected chi connectivity index (χ2v) is 5.90. The van der Waals surface area contributed by atoms with Crippen LogP contribution in [0.1, 0.15) is 31.5 Å². The summed E-state index contributed by atoms with van der Waals surface area (Å²) in [6.07, 6.45) is 1.51. The van der Waals surface area contributed by atoms with Gasteiger partial charge in [-0.1, -0.05) is 6.42 Å². The van der Waals surface area contributed by atoms with Crippen LogP contribution in [0.4, 0.5) is 13.2 Å². The number of hydrogen-bond acceptors (Lipinski definition) is 3. The molecule has 10 heteroatoms. The normalized spacial score (nSPS) is 20.2. The van der Waals surface area contributed by atoms with Gasteiger partial charge in [-0.2, -0.15) is 13.2 Å². The van der Waals surface area contributed by atoms with Gasteiger partial charge < -0.3 is 15.2 Å². The molecule has 1 heterocycles. The Bertz CT molecular complexity index is 524. The van der Waals surface area contributed by atoms with Crippen molar-refractivity contribution >= 4 is 30.7 Å². The first-order valence-electron chi connectivity index (χ1n) is 7.32. The summed E-state index contributed by atoms with van der Waals surface area (Å²) in [6, 6.07) is 0.0459. The Morgan fingerprint density at radius 3 is 2.62 bits per heavy atom. The number of nitrogens with zero attached hydrogens (tertiary/aromatic N) is 3. The maximum atomic E-state index is 12.5. The molecule has 2 atom stereocenters. The number of alkyl halides is 3. The highest BCUT2D eigenvalue weighted by atomic mass is 35.5. The third-order valence-electron chi connectivity index (χ3n) is 4.11. The van der Waals surface area contributed by atoms with Crippen molar-refractivity contribution in [1.82, 2.24) is 14.5 Å². The molecule has 1 aliphatic rings. The molecule has 0 aliphatic heterocycles. The monoisotopic (exact) mass is 390 g/mol. The first-order chi connectivity index (χ1) is 10.3. The van der Waals surface area contributed by atoms with E-state index < -0.39 is 12.7 Å². The van der Waals surface area contributed by atoms with Crippen molar-refractivity contribution in [2.75, 3.05) is 7.05 Å². The van der Waals surface area contributed by atoms with Crippen molar-refractivity contribution in [3.63, 3.8) is 0 Å². The lowest BCUT2D eigenvalue weighted by Crippen LogP contribution is -2.33. The number of rotatable bonds is 5. The molecule has 0 aromatic carbocycles. The first kappa shape index (κ1) is 23.0. The predicted octanol–water partition coefficient (Wildman–Crippen LogP) is 2.76. The van der Waals surface area contributed by atoms with Crippen molar-refractivity contribution in [3.8, 4) is 0 Å². The number of nitrogens with two attached hydrogens (primary N) is 1. The second kappa shape index (κ2) is 9.48. The second-order valence-electron chi connectivity index (χ2n) is 5.90. The molecule has 0 saturated heterocycles. The number of carbonyl (C=O) groups excluding carboxylic acids is 1. The fourth-order valence-electron chi connectivity index (χ4n) is 2.83. The SMILES string of the molecule is CN(Cc1nccn1CC(F)(F)F)C(=O)C[C@@H]1CCC[C@H]1N.Cl.Cl.